The number of rotatable bonds is 5. The zero-order valence-electron chi connectivity index (χ0n) is 11.3. The molecule has 0 saturated carbocycles. The minimum absolute atomic E-state index is 0.127. The molecule has 0 amide bonds. The number of halogens is 1. The van der Waals surface area contributed by atoms with Crippen molar-refractivity contribution in [3.63, 3.8) is 0 Å². The highest BCUT2D eigenvalue weighted by atomic mass is 32.2. The Morgan fingerprint density at radius 1 is 1.24 bits per heavy atom. The van der Waals surface area contributed by atoms with Crippen molar-refractivity contribution < 1.29 is 17.5 Å². The largest absolute Gasteiger partial charge is 0.497 e. The molecule has 0 aromatic heterocycles. The van der Waals surface area contributed by atoms with Gasteiger partial charge in [-0.3, -0.25) is 4.72 Å². The molecule has 0 fully saturated rings. The number of nitrogens with two attached hydrogens (primary N) is 1. The van der Waals surface area contributed by atoms with Gasteiger partial charge in [0.1, 0.15) is 16.5 Å². The van der Waals surface area contributed by atoms with Crippen molar-refractivity contribution in [2.45, 2.75) is 11.4 Å². The minimum atomic E-state index is -4.04. The average Bonchev–Trinajstić information content (AvgIpc) is 2.47. The van der Waals surface area contributed by atoms with Crippen molar-refractivity contribution in [1.82, 2.24) is 0 Å². The number of nitrogens with one attached hydrogen (secondary N) is 1. The Bertz CT molecular complexity index is 748. The molecular formula is C14H15FN2O3S. The van der Waals surface area contributed by atoms with Crippen LogP contribution >= 0.6 is 0 Å². The fraction of sp³-hybridized carbons (Fsp3) is 0.143. The fourth-order valence-corrected chi connectivity index (χ4v) is 2.96. The van der Waals surface area contributed by atoms with E-state index in [1.165, 1.54) is 25.3 Å². The predicted molar refractivity (Wildman–Crippen MR) is 78.1 cm³/mol. The Kier molecular flexibility index (Phi) is 4.44. The molecule has 0 unspecified atom stereocenters. The summed E-state index contributed by atoms with van der Waals surface area (Å²) >= 11 is 0. The van der Waals surface area contributed by atoms with Gasteiger partial charge in [-0.2, -0.15) is 0 Å². The van der Waals surface area contributed by atoms with E-state index in [9.17, 15) is 12.8 Å². The highest BCUT2D eigenvalue weighted by molar-refractivity contribution is 7.92. The number of methoxy groups -OCH3 is 1. The molecule has 0 atom stereocenters. The van der Waals surface area contributed by atoms with Crippen LogP contribution in [0.4, 0.5) is 10.1 Å². The van der Waals surface area contributed by atoms with E-state index in [2.05, 4.69) is 4.72 Å². The smallest absolute Gasteiger partial charge is 0.264 e. The molecule has 7 heteroatoms. The van der Waals surface area contributed by atoms with Crippen LogP contribution in [-0.2, 0) is 16.6 Å². The summed E-state index contributed by atoms with van der Waals surface area (Å²) in [4.78, 5) is -0.437. The number of benzene rings is 2. The van der Waals surface area contributed by atoms with Gasteiger partial charge in [0.25, 0.3) is 10.0 Å². The van der Waals surface area contributed by atoms with Gasteiger partial charge in [-0.1, -0.05) is 12.1 Å². The van der Waals surface area contributed by atoms with Crippen LogP contribution in [-0.4, -0.2) is 15.5 Å². The van der Waals surface area contributed by atoms with Gasteiger partial charge in [-0.05, 0) is 29.8 Å². The lowest BCUT2D eigenvalue weighted by atomic mass is 10.2. The van der Waals surface area contributed by atoms with Crippen LogP contribution < -0.4 is 15.2 Å². The normalized spacial score (nSPS) is 11.2. The van der Waals surface area contributed by atoms with E-state index in [1.54, 1.807) is 18.2 Å². The second-order valence-corrected chi connectivity index (χ2v) is 5.96. The quantitative estimate of drug-likeness (QED) is 0.886. The maximum absolute atomic E-state index is 13.8. The number of hydrogen-bond donors (Lipinski definition) is 2. The van der Waals surface area contributed by atoms with E-state index >= 15 is 0 Å². The first-order valence-electron chi connectivity index (χ1n) is 6.11. The van der Waals surface area contributed by atoms with E-state index in [1.807, 2.05) is 0 Å². The molecule has 0 aliphatic rings. The maximum Gasteiger partial charge on any atom is 0.264 e. The summed E-state index contributed by atoms with van der Waals surface area (Å²) in [6, 6.07) is 10.1. The summed E-state index contributed by atoms with van der Waals surface area (Å²) in [5.74, 6) is -0.339. The Hall–Kier alpha value is -2.12. The van der Waals surface area contributed by atoms with Crippen LogP contribution in [0.5, 0.6) is 5.75 Å². The molecule has 112 valence electrons. The number of sulfonamides is 1. The third-order valence-corrected chi connectivity index (χ3v) is 4.24. The summed E-state index contributed by atoms with van der Waals surface area (Å²) in [6.07, 6.45) is 0. The van der Waals surface area contributed by atoms with Crippen LogP contribution in [0.15, 0.2) is 47.4 Å². The van der Waals surface area contributed by atoms with Crippen molar-refractivity contribution >= 4 is 15.7 Å². The van der Waals surface area contributed by atoms with Crippen molar-refractivity contribution in [3.05, 3.63) is 53.8 Å². The molecule has 0 saturated heterocycles. The van der Waals surface area contributed by atoms with Crippen LogP contribution in [0.3, 0.4) is 0 Å². The topological polar surface area (TPSA) is 81.4 Å². The van der Waals surface area contributed by atoms with E-state index in [0.717, 1.165) is 6.07 Å². The molecule has 5 nitrogen and oxygen atoms in total. The lowest BCUT2D eigenvalue weighted by Gasteiger charge is -2.11. The third-order valence-electron chi connectivity index (χ3n) is 2.84. The monoisotopic (exact) mass is 310 g/mol. The minimum Gasteiger partial charge on any atom is -0.497 e. The lowest BCUT2D eigenvalue weighted by molar-refractivity contribution is 0.415. The van der Waals surface area contributed by atoms with Crippen LogP contribution in [0.2, 0.25) is 0 Å². The Morgan fingerprint density at radius 3 is 2.67 bits per heavy atom. The first-order valence-corrected chi connectivity index (χ1v) is 7.60. The highest BCUT2D eigenvalue weighted by Crippen LogP contribution is 2.22. The molecule has 2 aromatic carbocycles. The van der Waals surface area contributed by atoms with Gasteiger partial charge in [-0.25, -0.2) is 12.8 Å². The summed E-state index contributed by atoms with van der Waals surface area (Å²) < 4.78 is 45.6. The van der Waals surface area contributed by atoms with Gasteiger partial charge in [0, 0.05) is 12.6 Å². The number of ether oxygens (including phenoxy) is 1. The van der Waals surface area contributed by atoms with Gasteiger partial charge >= 0.3 is 0 Å². The van der Waals surface area contributed by atoms with Crippen molar-refractivity contribution in [3.8, 4) is 5.75 Å². The summed E-state index contributed by atoms with van der Waals surface area (Å²) in [6.45, 7) is 0.127. The molecular weight excluding hydrogens is 295 g/mol. The zero-order valence-corrected chi connectivity index (χ0v) is 12.2. The number of anilines is 1. The second kappa shape index (κ2) is 6.11. The van der Waals surface area contributed by atoms with Gasteiger partial charge < -0.3 is 10.5 Å². The van der Waals surface area contributed by atoms with Gasteiger partial charge in [0.05, 0.1) is 12.8 Å². The lowest BCUT2D eigenvalue weighted by Crippen LogP contribution is -2.15. The fourth-order valence-electron chi connectivity index (χ4n) is 1.78. The second-order valence-electron chi connectivity index (χ2n) is 4.31. The van der Waals surface area contributed by atoms with Crippen LogP contribution in [0.25, 0.3) is 0 Å². The maximum atomic E-state index is 13.8. The Balaban J connectivity index is 2.38. The molecule has 0 bridgehead atoms. The van der Waals surface area contributed by atoms with E-state index in [-0.39, 0.29) is 12.2 Å². The molecule has 3 N–H and O–H groups in total. The summed E-state index contributed by atoms with van der Waals surface area (Å²) in [7, 11) is -2.57. The zero-order chi connectivity index (χ0) is 15.5. The van der Waals surface area contributed by atoms with Crippen molar-refractivity contribution in [2.24, 2.45) is 5.73 Å². The number of hydrogen-bond acceptors (Lipinski definition) is 4. The first kappa shape index (κ1) is 15.3. The Morgan fingerprint density at radius 2 is 2.00 bits per heavy atom. The molecule has 2 aromatic rings. The van der Waals surface area contributed by atoms with Crippen LogP contribution in [0.1, 0.15) is 5.56 Å². The summed E-state index contributed by atoms with van der Waals surface area (Å²) in [5.41, 5.74) is 6.26. The van der Waals surface area contributed by atoms with Gasteiger partial charge in [0.15, 0.2) is 0 Å². The molecule has 0 aliphatic carbocycles. The third kappa shape index (κ3) is 3.50. The van der Waals surface area contributed by atoms with E-state index in [4.69, 9.17) is 10.5 Å². The van der Waals surface area contributed by atoms with E-state index in [0.29, 0.717) is 11.3 Å². The summed E-state index contributed by atoms with van der Waals surface area (Å²) in [5, 5.41) is 0. The standard InChI is InChI=1S/C14H15FN2O3S/c1-20-12-4-2-3-11(8-12)17-21(18,19)14-7-10(9-16)5-6-13(14)15/h2-8,17H,9,16H2,1H3. The van der Waals surface area contributed by atoms with Crippen LogP contribution in [0, 0.1) is 5.82 Å². The average molecular weight is 310 g/mol. The van der Waals surface area contributed by atoms with Gasteiger partial charge in [-0.15, -0.1) is 0 Å². The SMILES string of the molecule is COc1cccc(NS(=O)(=O)c2cc(CN)ccc2F)c1. The highest BCUT2D eigenvalue weighted by Gasteiger charge is 2.19. The molecule has 0 aliphatic heterocycles. The first-order chi connectivity index (χ1) is 9.96. The molecule has 0 heterocycles. The van der Waals surface area contributed by atoms with E-state index < -0.39 is 20.7 Å². The molecule has 21 heavy (non-hydrogen) atoms. The molecule has 0 radical (unpaired) electrons. The molecule has 2 rings (SSSR count). The Labute approximate surface area is 122 Å². The van der Waals surface area contributed by atoms with Gasteiger partial charge in [0.2, 0.25) is 0 Å². The predicted octanol–water partition coefficient (Wildman–Crippen LogP) is 2.09. The molecule has 0 spiro atoms. The van der Waals surface area contributed by atoms with Crippen molar-refractivity contribution in [2.75, 3.05) is 11.8 Å². The van der Waals surface area contributed by atoms with Crippen molar-refractivity contribution in [1.29, 1.82) is 0 Å².